The molecule has 0 aromatic rings. The first-order valence-electron chi connectivity index (χ1n) is 2.78. The molecule has 0 atom stereocenters. The Kier molecular flexibility index (Phi) is 3.79. The Morgan fingerprint density at radius 1 is 1.50 bits per heavy atom. The van der Waals surface area contributed by atoms with E-state index in [0.29, 0.717) is 0 Å². The lowest BCUT2D eigenvalue weighted by molar-refractivity contribution is -0.0915. The lowest BCUT2D eigenvalue weighted by atomic mass is 10.2. The minimum Gasteiger partial charge on any atom is -0.167 e. The molecule has 0 saturated heterocycles. The normalized spacial score (nSPS) is 13.9. The lowest BCUT2D eigenvalue weighted by Gasteiger charge is -2.04. The Labute approximate surface area is 62.7 Å². The van der Waals surface area contributed by atoms with Crippen molar-refractivity contribution < 1.29 is 13.2 Å². The van der Waals surface area contributed by atoms with Crippen molar-refractivity contribution in [1.82, 2.24) is 0 Å². The van der Waals surface area contributed by atoms with Crippen LogP contribution >= 0.6 is 11.6 Å². The van der Waals surface area contributed by atoms with Crippen molar-refractivity contribution in [2.75, 3.05) is 5.88 Å². The molecule has 0 radical (unpaired) electrons. The van der Waals surface area contributed by atoms with E-state index in [1.54, 1.807) is 0 Å². The average Bonchev–Trinajstić information content (AvgIpc) is 1.80. The number of allylic oxidation sites excluding steroid dienone is 2. The van der Waals surface area contributed by atoms with Crippen molar-refractivity contribution in [1.29, 1.82) is 0 Å². The molecule has 0 spiro atoms. The second-order valence-electron chi connectivity index (χ2n) is 1.86. The molecule has 0 aliphatic rings. The summed E-state index contributed by atoms with van der Waals surface area (Å²) in [6, 6.07) is 0. The van der Waals surface area contributed by atoms with Crippen molar-refractivity contribution in [2.45, 2.75) is 19.5 Å². The first kappa shape index (κ1) is 9.82. The maximum Gasteiger partial charge on any atom is 0.412 e. The predicted octanol–water partition coefficient (Wildman–Crippen LogP) is 3.12. The van der Waals surface area contributed by atoms with E-state index in [4.69, 9.17) is 11.6 Å². The van der Waals surface area contributed by atoms with Crippen LogP contribution in [-0.2, 0) is 0 Å². The first-order valence-corrected chi connectivity index (χ1v) is 3.32. The van der Waals surface area contributed by atoms with E-state index in [9.17, 15) is 13.2 Å². The van der Waals surface area contributed by atoms with E-state index in [0.717, 1.165) is 13.0 Å². The van der Waals surface area contributed by atoms with E-state index in [2.05, 4.69) is 0 Å². The summed E-state index contributed by atoms with van der Waals surface area (Å²) < 4.78 is 35.0. The van der Waals surface area contributed by atoms with Gasteiger partial charge in [0.15, 0.2) is 0 Å². The summed E-state index contributed by atoms with van der Waals surface area (Å²) in [5.41, 5.74) is -0.576. The highest BCUT2D eigenvalue weighted by molar-refractivity contribution is 6.17. The number of hydrogen-bond donors (Lipinski definition) is 0. The largest absolute Gasteiger partial charge is 0.412 e. The third-order valence-electron chi connectivity index (χ3n) is 1.01. The Hall–Kier alpha value is -0.180. The molecule has 0 aliphatic heterocycles. The van der Waals surface area contributed by atoms with Crippen LogP contribution in [0.5, 0.6) is 0 Å². The molecule has 0 aliphatic carbocycles. The van der Waals surface area contributed by atoms with Crippen molar-refractivity contribution in [3.63, 3.8) is 0 Å². The summed E-state index contributed by atoms with van der Waals surface area (Å²) in [5, 5.41) is 0. The third-order valence-corrected chi connectivity index (χ3v) is 1.22. The van der Waals surface area contributed by atoms with Gasteiger partial charge in [0.2, 0.25) is 0 Å². The van der Waals surface area contributed by atoms with Gasteiger partial charge < -0.3 is 0 Å². The average molecular weight is 173 g/mol. The predicted molar refractivity (Wildman–Crippen MR) is 35.1 cm³/mol. The van der Waals surface area contributed by atoms with Gasteiger partial charge in [-0.2, -0.15) is 13.2 Å². The van der Waals surface area contributed by atoms with Crippen LogP contribution in [0.3, 0.4) is 0 Å². The zero-order valence-electron chi connectivity index (χ0n) is 5.50. The molecule has 0 aromatic carbocycles. The number of rotatable bonds is 2. The third kappa shape index (κ3) is 3.77. The summed E-state index contributed by atoms with van der Waals surface area (Å²) in [6.07, 6.45) is -2.83. The summed E-state index contributed by atoms with van der Waals surface area (Å²) in [7, 11) is 0. The molecule has 0 heterocycles. The molecule has 0 saturated carbocycles. The van der Waals surface area contributed by atoms with Crippen LogP contribution in [0.1, 0.15) is 13.3 Å². The van der Waals surface area contributed by atoms with Gasteiger partial charge in [0.25, 0.3) is 0 Å². The monoisotopic (exact) mass is 172 g/mol. The molecule has 0 fully saturated rings. The lowest BCUT2D eigenvalue weighted by Crippen LogP contribution is -2.08. The fourth-order valence-electron chi connectivity index (χ4n) is 0.387. The van der Waals surface area contributed by atoms with Crippen LogP contribution in [0.2, 0.25) is 0 Å². The van der Waals surface area contributed by atoms with Gasteiger partial charge in [0.1, 0.15) is 0 Å². The van der Waals surface area contributed by atoms with Gasteiger partial charge in [-0.3, -0.25) is 0 Å². The molecule has 60 valence electrons. The molecule has 10 heavy (non-hydrogen) atoms. The molecule has 0 rings (SSSR count). The van der Waals surface area contributed by atoms with E-state index in [1.807, 2.05) is 0 Å². The molecular weight excluding hydrogens is 165 g/mol. The Morgan fingerprint density at radius 3 is 2.30 bits per heavy atom. The van der Waals surface area contributed by atoms with Crippen LogP contribution < -0.4 is 0 Å². The van der Waals surface area contributed by atoms with Gasteiger partial charge >= 0.3 is 6.18 Å². The molecule has 0 aromatic heterocycles. The van der Waals surface area contributed by atoms with Crippen LogP contribution in [0, 0.1) is 0 Å². The summed E-state index contributed by atoms with van der Waals surface area (Å²) in [6.45, 7) is 1.03. The van der Waals surface area contributed by atoms with Gasteiger partial charge in [0.05, 0.1) is 0 Å². The minimum atomic E-state index is -4.19. The Morgan fingerprint density at radius 2 is 2.00 bits per heavy atom. The summed E-state index contributed by atoms with van der Waals surface area (Å²) in [5.74, 6) is 0.230. The van der Waals surface area contributed by atoms with E-state index in [1.165, 1.54) is 0 Å². The zero-order chi connectivity index (χ0) is 8.20. The Balaban J connectivity index is 3.93. The second kappa shape index (κ2) is 3.86. The summed E-state index contributed by atoms with van der Waals surface area (Å²) >= 11 is 5.18. The maximum atomic E-state index is 11.7. The van der Waals surface area contributed by atoms with Crippen molar-refractivity contribution >= 4 is 11.6 Å². The first-order chi connectivity index (χ1) is 4.48. The van der Waals surface area contributed by atoms with Crippen LogP contribution in [-0.4, -0.2) is 12.1 Å². The summed E-state index contributed by atoms with van der Waals surface area (Å²) in [4.78, 5) is 0. The molecule has 4 heteroatoms. The van der Waals surface area contributed by atoms with Gasteiger partial charge in [-0.1, -0.05) is 6.08 Å². The molecule has 0 bridgehead atoms. The maximum absolute atomic E-state index is 11.7. The van der Waals surface area contributed by atoms with Gasteiger partial charge in [-0.15, -0.1) is 11.6 Å². The van der Waals surface area contributed by atoms with E-state index in [-0.39, 0.29) is 12.3 Å². The van der Waals surface area contributed by atoms with E-state index < -0.39 is 11.7 Å². The van der Waals surface area contributed by atoms with Crippen molar-refractivity contribution in [3.05, 3.63) is 11.6 Å². The number of hydrogen-bond acceptors (Lipinski definition) is 0. The highest BCUT2D eigenvalue weighted by Crippen LogP contribution is 2.24. The van der Waals surface area contributed by atoms with Gasteiger partial charge in [-0.05, 0) is 13.3 Å². The molecule has 0 nitrogen and oxygen atoms in total. The second-order valence-corrected chi connectivity index (χ2v) is 2.24. The Bertz CT molecular complexity index is 125. The number of halogens is 4. The zero-order valence-corrected chi connectivity index (χ0v) is 6.26. The molecule has 0 unspecified atom stereocenters. The topological polar surface area (TPSA) is 0 Å². The van der Waals surface area contributed by atoms with Crippen LogP contribution in [0.25, 0.3) is 0 Å². The van der Waals surface area contributed by atoms with E-state index >= 15 is 0 Å². The van der Waals surface area contributed by atoms with Crippen LogP contribution in [0.4, 0.5) is 13.2 Å². The fraction of sp³-hybridized carbons (Fsp3) is 0.667. The minimum absolute atomic E-state index is 0.230. The van der Waals surface area contributed by atoms with Crippen molar-refractivity contribution in [3.8, 4) is 0 Å². The molecular formula is C6H8ClF3. The highest BCUT2D eigenvalue weighted by atomic mass is 35.5. The molecule has 0 N–H and O–H groups in total. The SMILES string of the molecule is CC(=CCCCl)C(F)(F)F. The highest BCUT2D eigenvalue weighted by Gasteiger charge is 2.29. The molecule has 0 amide bonds. The quantitative estimate of drug-likeness (QED) is 0.444. The van der Waals surface area contributed by atoms with Crippen LogP contribution in [0.15, 0.2) is 11.6 Å². The van der Waals surface area contributed by atoms with Crippen molar-refractivity contribution in [2.24, 2.45) is 0 Å². The van der Waals surface area contributed by atoms with Gasteiger partial charge in [0, 0.05) is 11.5 Å². The fourth-order valence-corrected chi connectivity index (χ4v) is 0.496. The standard InChI is InChI=1S/C6H8ClF3/c1-5(3-2-4-7)6(8,9)10/h3H,2,4H2,1H3. The van der Waals surface area contributed by atoms with Gasteiger partial charge in [-0.25, -0.2) is 0 Å². The smallest absolute Gasteiger partial charge is 0.167 e. The number of alkyl halides is 4.